The smallest absolute Gasteiger partial charge is 0.333 e. The van der Waals surface area contributed by atoms with Crippen molar-refractivity contribution in [3.05, 3.63) is 24.3 Å². The molecule has 0 aliphatic carbocycles. The molecule has 0 saturated heterocycles. The lowest BCUT2D eigenvalue weighted by Crippen LogP contribution is -2.24. The first kappa shape index (κ1) is 23.6. The Balaban J connectivity index is 0. The minimum atomic E-state index is -0.935. The van der Waals surface area contributed by atoms with E-state index in [0.717, 1.165) is 0 Å². The molecule has 0 amide bonds. The van der Waals surface area contributed by atoms with Crippen LogP contribution in [0.1, 0.15) is 27.2 Å². The molecular weight excluding hydrogens is 304 g/mol. The van der Waals surface area contributed by atoms with Crippen molar-refractivity contribution in [1.82, 2.24) is 0 Å². The molecule has 0 radical (unpaired) electrons. The Morgan fingerprint density at radius 2 is 1.57 bits per heavy atom. The summed E-state index contributed by atoms with van der Waals surface area (Å²) in [6.45, 7) is 13.1. The maximum atomic E-state index is 11.3. The fourth-order valence-electron chi connectivity index (χ4n) is 0.986. The number of aliphatic carboxylic acids is 1. The van der Waals surface area contributed by atoms with Crippen molar-refractivity contribution in [2.45, 2.75) is 33.3 Å². The molecule has 2 N–H and O–H groups in total. The summed E-state index contributed by atoms with van der Waals surface area (Å²) in [4.78, 5) is 20.9. The summed E-state index contributed by atoms with van der Waals surface area (Å²) >= 11 is 0. The Bertz CT molecular complexity index is 365. The van der Waals surface area contributed by atoms with E-state index in [1.807, 2.05) is 6.92 Å². The number of carbonyl (C=O) groups is 2. The molecule has 0 aromatic heterocycles. The van der Waals surface area contributed by atoms with E-state index in [1.54, 1.807) is 6.92 Å². The number of carbonyl (C=O) groups excluding carboxylic acids is 1. The number of carboxylic acids is 1. The Labute approximate surface area is 137 Å². The van der Waals surface area contributed by atoms with Crippen molar-refractivity contribution in [1.29, 1.82) is 0 Å². The van der Waals surface area contributed by atoms with Crippen LogP contribution in [-0.4, -0.2) is 61.3 Å². The number of hydrogen-bond acceptors (Lipinski definition) is 6. The molecule has 0 spiro atoms. The molecule has 0 heterocycles. The highest BCUT2D eigenvalue weighted by atomic mass is 16.6. The second kappa shape index (κ2) is 15.2. The number of aliphatic hydroxyl groups is 1. The fourth-order valence-corrected chi connectivity index (χ4v) is 0.986. The third-order valence-corrected chi connectivity index (χ3v) is 2.35. The van der Waals surface area contributed by atoms with Crippen molar-refractivity contribution in [3.8, 4) is 0 Å². The van der Waals surface area contributed by atoms with Crippen LogP contribution in [0.25, 0.3) is 0 Å². The molecule has 0 rings (SSSR count). The summed E-state index contributed by atoms with van der Waals surface area (Å²) in [7, 11) is 0. The van der Waals surface area contributed by atoms with Gasteiger partial charge in [0.1, 0.15) is 6.10 Å². The number of rotatable bonds is 11. The zero-order valence-electron chi connectivity index (χ0n) is 14.2. The van der Waals surface area contributed by atoms with Gasteiger partial charge in [-0.1, -0.05) is 20.1 Å². The highest BCUT2D eigenvalue weighted by molar-refractivity contribution is 5.87. The Kier molecular flexibility index (Phi) is 15.6. The molecule has 134 valence electrons. The molecule has 0 aliphatic heterocycles. The highest BCUT2D eigenvalue weighted by Gasteiger charge is 2.12. The van der Waals surface area contributed by atoms with E-state index in [9.17, 15) is 9.59 Å². The van der Waals surface area contributed by atoms with Crippen LogP contribution in [0.4, 0.5) is 0 Å². The van der Waals surface area contributed by atoms with Gasteiger partial charge < -0.3 is 24.4 Å². The molecule has 0 aromatic rings. The average molecular weight is 332 g/mol. The van der Waals surface area contributed by atoms with Gasteiger partial charge in [-0.2, -0.15) is 0 Å². The highest BCUT2D eigenvalue weighted by Crippen LogP contribution is 2.03. The van der Waals surface area contributed by atoms with Gasteiger partial charge in [0.2, 0.25) is 0 Å². The summed E-state index contributed by atoms with van der Waals surface area (Å²) in [5.41, 5.74) is 0.560. The quantitative estimate of drug-likeness (QED) is 0.336. The van der Waals surface area contributed by atoms with Crippen LogP contribution in [0.2, 0.25) is 0 Å². The second-order valence-electron chi connectivity index (χ2n) is 4.71. The fraction of sp³-hybridized carbons (Fsp3) is 0.625. The van der Waals surface area contributed by atoms with Crippen LogP contribution in [0.15, 0.2) is 24.3 Å². The van der Waals surface area contributed by atoms with Crippen molar-refractivity contribution >= 4 is 11.9 Å². The monoisotopic (exact) mass is 332 g/mol. The van der Waals surface area contributed by atoms with E-state index in [2.05, 4.69) is 13.2 Å². The predicted molar refractivity (Wildman–Crippen MR) is 86.2 cm³/mol. The Hall–Kier alpha value is -1.70. The summed E-state index contributed by atoms with van der Waals surface area (Å²) < 4.78 is 15.5. The van der Waals surface area contributed by atoms with E-state index in [4.69, 9.17) is 24.4 Å². The molecule has 7 nitrogen and oxygen atoms in total. The maximum Gasteiger partial charge on any atom is 0.333 e. The van der Waals surface area contributed by atoms with Gasteiger partial charge >= 0.3 is 11.9 Å². The van der Waals surface area contributed by atoms with Gasteiger partial charge in [0.05, 0.1) is 33.0 Å². The number of ether oxygens (including phenoxy) is 3. The molecule has 0 saturated carbocycles. The first-order valence-corrected chi connectivity index (χ1v) is 7.27. The third-order valence-electron chi connectivity index (χ3n) is 2.35. The van der Waals surface area contributed by atoms with Crippen LogP contribution in [0.3, 0.4) is 0 Å². The summed E-state index contributed by atoms with van der Waals surface area (Å²) in [5.74, 6) is -1.33. The van der Waals surface area contributed by atoms with Gasteiger partial charge in [-0.15, -0.1) is 0 Å². The molecule has 0 fully saturated rings. The van der Waals surface area contributed by atoms with Gasteiger partial charge in [0.25, 0.3) is 0 Å². The van der Waals surface area contributed by atoms with Crippen LogP contribution in [0.5, 0.6) is 0 Å². The molecular formula is C16H28O7. The number of carboxylic acid groups (broad SMARTS) is 1. The lowest BCUT2D eigenvalue weighted by molar-refractivity contribution is -0.147. The lowest BCUT2D eigenvalue weighted by atomic mass is 10.3. The Morgan fingerprint density at radius 3 is 1.96 bits per heavy atom. The van der Waals surface area contributed by atoms with Crippen LogP contribution < -0.4 is 0 Å². The van der Waals surface area contributed by atoms with Crippen molar-refractivity contribution in [3.63, 3.8) is 0 Å². The summed E-state index contributed by atoms with van der Waals surface area (Å²) in [5, 5.41) is 16.4. The van der Waals surface area contributed by atoms with E-state index in [1.165, 1.54) is 6.92 Å². The van der Waals surface area contributed by atoms with E-state index >= 15 is 0 Å². The molecule has 7 heteroatoms. The number of esters is 1. The minimum Gasteiger partial charge on any atom is -0.478 e. The average Bonchev–Trinajstić information content (AvgIpc) is 2.49. The second-order valence-corrected chi connectivity index (χ2v) is 4.71. The largest absolute Gasteiger partial charge is 0.478 e. The molecule has 0 aromatic carbocycles. The summed E-state index contributed by atoms with van der Waals surface area (Å²) in [6.07, 6.45) is 0.438. The van der Waals surface area contributed by atoms with Crippen LogP contribution in [0, 0.1) is 0 Å². The van der Waals surface area contributed by atoms with Gasteiger partial charge in [-0.25, -0.2) is 9.59 Å². The molecule has 1 unspecified atom stereocenters. The maximum absolute atomic E-state index is 11.3. The zero-order valence-corrected chi connectivity index (χ0v) is 14.2. The van der Waals surface area contributed by atoms with E-state index in [0.29, 0.717) is 38.4 Å². The van der Waals surface area contributed by atoms with Gasteiger partial charge in [-0.05, 0) is 20.3 Å². The standard InChI is InChI=1S/C12H22O5.C4H6O2/c1-4-11(17-12(14)10(2)3)9-16-8-7-15-6-5-13;1-3(2)4(5)6/h11,13H,2,4-9H2,1,3H3;1H2,2H3,(H,5,6). The van der Waals surface area contributed by atoms with Gasteiger partial charge in [-0.3, -0.25) is 0 Å². The lowest BCUT2D eigenvalue weighted by Gasteiger charge is -2.16. The topological polar surface area (TPSA) is 102 Å². The summed E-state index contributed by atoms with van der Waals surface area (Å²) in [6, 6.07) is 0. The predicted octanol–water partition coefficient (Wildman–Crippen LogP) is 1.56. The first-order valence-electron chi connectivity index (χ1n) is 7.27. The van der Waals surface area contributed by atoms with Crippen molar-refractivity contribution in [2.75, 3.05) is 33.0 Å². The van der Waals surface area contributed by atoms with Gasteiger partial charge in [0, 0.05) is 11.1 Å². The van der Waals surface area contributed by atoms with Crippen LogP contribution in [-0.2, 0) is 23.8 Å². The molecule has 0 bridgehead atoms. The van der Waals surface area contributed by atoms with Crippen molar-refractivity contribution in [2.24, 2.45) is 0 Å². The number of hydrogen-bond donors (Lipinski definition) is 2. The normalized spacial score (nSPS) is 11.0. The van der Waals surface area contributed by atoms with E-state index < -0.39 is 11.9 Å². The van der Waals surface area contributed by atoms with Gasteiger partial charge in [0.15, 0.2) is 0 Å². The van der Waals surface area contributed by atoms with Crippen molar-refractivity contribution < 1.29 is 34.0 Å². The Morgan fingerprint density at radius 1 is 1.04 bits per heavy atom. The third kappa shape index (κ3) is 16.5. The first-order chi connectivity index (χ1) is 10.8. The van der Waals surface area contributed by atoms with E-state index in [-0.39, 0.29) is 18.3 Å². The zero-order chi connectivity index (χ0) is 18.3. The molecule has 0 aliphatic rings. The minimum absolute atomic E-state index is 0.00775. The number of aliphatic hydroxyl groups excluding tert-OH is 1. The molecule has 1 atom stereocenters. The SMILES string of the molecule is C=C(C)C(=O)O.C=C(C)C(=O)OC(CC)COCCOCCO. The van der Waals surface area contributed by atoms with Crippen LogP contribution >= 0.6 is 0 Å². The molecule has 23 heavy (non-hydrogen) atoms.